The molecular weight excluding hydrogens is 286 g/mol. The van der Waals surface area contributed by atoms with E-state index in [9.17, 15) is 10.2 Å². The van der Waals surface area contributed by atoms with Crippen LogP contribution in [0.4, 0.5) is 0 Å². The predicted molar refractivity (Wildman–Crippen MR) is 85.5 cm³/mol. The first-order valence-corrected chi connectivity index (χ1v) is 9.77. The van der Waals surface area contributed by atoms with Crippen LogP contribution in [0.1, 0.15) is 39.0 Å². The number of piperidine rings is 2. The minimum atomic E-state index is -0.295. The number of hydrogen-bond acceptors (Lipinski definition) is 3. The molecule has 3 heterocycles. The molecule has 9 aliphatic rings. The van der Waals surface area contributed by atoms with Crippen molar-refractivity contribution in [1.82, 2.24) is 4.90 Å². The molecule has 3 saturated heterocycles. The van der Waals surface area contributed by atoms with Crippen molar-refractivity contribution in [2.45, 2.75) is 63.3 Å². The third-order valence-corrected chi connectivity index (χ3v) is 10.4. The van der Waals surface area contributed by atoms with Crippen molar-refractivity contribution < 1.29 is 10.2 Å². The minimum absolute atomic E-state index is 0.0672. The van der Waals surface area contributed by atoms with Crippen LogP contribution < -0.4 is 0 Å². The van der Waals surface area contributed by atoms with Crippen molar-refractivity contribution in [3.8, 4) is 0 Å². The average Bonchev–Trinajstić information content (AvgIpc) is 2.94. The number of aliphatic hydroxyl groups excluding tert-OH is 2. The summed E-state index contributed by atoms with van der Waals surface area (Å²) in [5, 5.41) is 22.6. The van der Waals surface area contributed by atoms with Gasteiger partial charge in [-0.05, 0) is 66.8 Å². The zero-order valence-corrected chi connectivity index (χ0v) is 13.9. The molecule has 9 bridgehead atoms. The minimum Gasteiger partial charge on any atom is -0.392 e. The Bertz CT molecular complexity index is 677. The SMILES string of the molecule is C=C1C2CC3C4N5CC6(C)CCC(O)C47C6C5CC3(C1O)C7C2. The first-order chi connectivity index (χ1) is 11.0. The fraction of sp³-hybridized carbons (Fsp3) is 0.900. The van der Waals surface area contributed by atoms with Gasteiger partial charge in [-0.25, -0.2) is 0 Å². The molecule has 12 unspecified atom stereocenters. The van der Waals surface area contributed by atoms with Gasteiger partial charge in [-0.2, -0.15) is 0 Å². The van der Waals surface area contributed by atoms with E-state index in [2.05, 4.69) is 18.4 Å². The summed E-state index contributed by atoms with van der Waals surface area (Å²) in [6.45, 7) is 8.05. The summed E-state index contributed by atoms with van der Waals surface area (Å²) < 4.78 is 0. The fourth-order valence-corrected chi connectivity index (χ4v) is 10.3. The van der Waals surface area contributed by atoms with Crippen molar-refractivity contribution >= 4 is 0 Å². The van der Waals surface area contributed by atoms with E-state index in [1.807, 2.05) is 0 Å². The van der Waals surface area contributed by atoms with Crippen molar-refractivity contribution in [3.05, 3.63) is 12.2 Å². The van der Waals surface area contributed by atoms with Gasteiger partial charge in [0.1, 0.15) is 0 Å². The number of fused-ring (bicyclic) bond motifs is 1. The van der Waals surface area contributed by atoms with Gasteiger partial charge in [-0.1, -0.05) is 13.5 Å². The summed E-state index contributed by atoms with van der Waals surface area (Å²) in [6, 6.07) is 1.19. The van der Waals surface area contributed by atoms with Crippen LogP contribution in [0.15, 0.2) is 12.2 Å². The lowest BCUT2D eigenvalue weighted by atomic mass is 9.40. The van der Waals surface area contributed by atoms with Gasteiger partial charge in [0.05, 0.1) is 12.2 Å². The van der Waals surface area contributed by atoms with Crippen LogP contribution in [0.2, 0.25) is 0 Å². The highest BCUT2D eigenvalue weighted by molar-refractivity contribution is 5.43. The van der Waals surface area contributed by atoms with E-state index in [0.717, 1.165) is 12.0 Å². The predicted octanol–water partition coefficient (Wildman–Crippen LogP) is 1.79. The number of aliphatic hydroxyl groups is 2. The molecule has 9 rings (SSSR count). The van der Waals surface area contributed by atoms with E-state index in [-0.39, 0.29) is 23.0 Å². The maximum atomic E-state index is 11.3. The number of hydrogen-bond donors (Lipinski definition) is 2. The van der Waals surface area contributed by atoms with Crippen LogP contribution >= 0.6 is 0 Å². The molecule has 0 radical (unpaired) electrons. The molecule has 6 aliphatic carbocycles. The van der Waals surface area contributed by atoms with Crippen molar-refractivity contribution in [1.29, 1.82) is 0 Å². The van der Waals surface area contributed by atoms with Crippen LogP contribution in [0.3, 0.4) is 0 Å². The smallest absolute Gasteiger partial charge is 0.0813 e. The lowest BCUT2D eigenvalue weighted by molar-refractivity contribution is -0.194. The van der Waals surface area contributed by atoms with Crippen LogP contribution in [0, 0.1) is 39.9 Å². The molecule has 6 saturated carbocycles. The number of rotatable bonds is 0. The molecule has 3 nitrogen and oxygen atoms in total. The van der Waals surface area contributed by atoms with Crippen LogP contribution in [-0.4, -0.2) is 45.9 Å². The Morgan fingerprint density at radius 1 is 1.26 bits per heavy atom. The second kappa shape index (κ2) is 3.20. The van der Waals surface area contributed by atoms with Crippen molar-refractivity contribution in [3.63, 3.8) is 0 Å². The van der Waals surface area contributed by atoms with Crippen molar-refractivity contribution in [2.75, 3.05) is 6.54 Å². The standard InChI is InChI=1S/C20H27NO2/c1-9-10-5-11-16-20-13(6-10)19(11,17(9)23)7-12-15(20)18(2,8-21(12)16)4-3-14(20)22/h10-17,22-23H,1,3-8H2,2H3. The van der Waals surface area contributed by atoms with Gasteiger partial charge < -0.3 is 10.2 Å². The fourth-order valence-electron chi connectivity index (χ4n) is 10.3. The molecule has 3 heteroatoms. The third-order valence-electron chi connectivity index (χ3n) is 10.4. The normalized spacial score (nSPS) is 75.6. The summed E-state index contributed by atoms with van der Waals surface area (Å²) in [6.07, 6.45) is 5.38. The summed E-state index contributed by atoms with van der Waals surface area (Å²) in [5.74, 6) is 2.36. The van der Waals surface area contributed by atoms with Gasteiger partial charge in [0.2, 0.25) is 0 Å². The maximum Gasteiger partial charge on any atom is 0.0813 e. The molecule has 12 atom stereocenters. The highest BCUT2D eigenvalue weighted by Crippen LogP contribution is 2.86. The molecule has 2 spiro atoms. The Balaban J connectivity index is 1.54. The lowest BCUT2D eigenvalue weighted by Crippen LogP contribution is -2.65. The van der Waals surface area contributed by atoms with Gasteiger partial charge in [-0.3, -0.25) is 4.90 Å². The van der Waals surface area contributed by atoms with Gasteiger partial charge >= 0.3 is 0 Å². The van der Waals surface area contributed by atoms with Gasteiger partial charge in [-0.15, -0.1) is 0 Å². The van der Waals surface area contributed by atoms with Gasteiger partial charge in [0.15, 0.2) is 0 Å². The Kier molecular flexibility index (Phi) is 1.79. The maximum absolute atomic E-state index is 11.3. The second-order valence-corrected chi connectivity index (χ2v) is 10.5. The molecule has 0 aromatic heterocycles. The van der Waals surface area contributed by atoms with E-state index in [1.54, 1.807) is 0 Å². The largest absolute Gasteiger partial charge is 0.392 e. The Morgan fingerprint density at radius 3 is 2.91 bits per heavy atom. The molecule has 2 N–H and O–H groups in total. The monoisotopic (exact) mass is 313 g/mol. The van der Waals surface area contributed by atoms with E-state index in [0.29, 0.717) is 41.2 Å². The average molecular weight is 313 g/mol. The third kappa shape index (κ3) is 0.910. The zero-order valence-electron chi connectivity index (χ0n) is 13.9. The molecule has 0 aromatic rings. The summed E-state index contributed by atoms with van der Waals surface area (Å²) in [4.78, 5) is 2.83. The Labute approximate surface area is 137 Å². The zero-order chi connectivity index (χ0) is 15.5. The molecular formula is C20H27NO2. The number of nitrogens with zero attached hydrogens (tertiary/aromatic N) is 1. The highest BCUT2D eigenvalue weighted by atomic mass is 16.3. The topological polar surface area (TPSA) is 43.7 Å². The van der Waals surface area contributed by atoms with Crippen molar-refractivity contribution in [2.24, 2.45) is 39.9 Å². The molecule has 9 fully saturated rings. The van der Waals surface area contributed by atoms with Crippen LogP contribution in [0.5, 0.6) is 0 Å². The first kappa shape index (κ1) is 12.9. The molecule has 23 heavy (non-hydrogen) atoms. The first-order valence-electron chi connectivity index (χ1n) is 9.77. The summed E-state index contributed by atoms with van der Waals surface area (Å²) >= 11 is 0. The molecule has 3 aliphatic heterocycles. The lowest BCUT2D eigenvalue weighted by Gasteiger charge is -2.65. The molecule has 0 aromatic carbocycles. The van der Waals surface area contributed by atoms with E-state index in [1.165, 1.54) is 32.2 Å². The second-order valence-electron chi connectivity index (χ2n) is 10.5. The Hall–Kier alpha value is -0.380. The van der Waals surface area contributed by atoms with E-state index < -0.39 is 0 Å². The highest BCUT2D eigenvalue weighted by Gasteiger charge is 2.89. The molecule has 0 amide bonds. The molecule has 124 valence electrons. The quantitative estimate of drug-likeness (QED) is 0.670. The van der Waals surface area contributed by atoms with Gasteiger partial charge in [0, 0.05) is 29.5 Å². The van der Waals surface area contributed by atoms with Crippen LogP contribution in [0.25, 0.3) is 0 Å². The van der Waals surface area contributed by atoms with Crippen LogP contribution in [-0.2, 0) is 0 Å². The Morgan fingerprint density at radius 2 is 2.09 bits per heavy atom. The summed E-state index contributed by atoms with van der Waals surface area (Å²) in [7, 11) is 0. The van der Waals surface area contributed by atoms with E-state index in [4.69, 9.17) is 0 Å². The van der Waals surface area contributed by atoms with E-state index >= 15 is 0 Å². The summed E-state index contributed by atoms with van der Waals surface area (Å²) in [5.41, 5.74) is 1.72. The van der Waals surface area contributed by atoms with Gasteiger partial charge in [0.25, 0.3) is 0 Å².